The van der Waals surface area contributed by atoms with E-state index in [-0.39, 0.29) is 11.7 Å². The Bertz CT molecular complexity index is 284. The maximum absolute atomic E-state index is 9.47. The molecule has 0 aliphatic heterocycles. The summed E-state index contributed by atoms with van der Waals surface area (Å²) in [4.78, 5) is 7.43. The topological polar surface area (TPSA) is 92.3 Å². The zero-order valence-electron chi connectivity index (χ0n) is 6.83. The Kier molecular flexibility index (Phi) is 3.47. The average Bonchev–Trinajstić information content (AvgIpc) is 2.15. The van der Waals surface area contributed by atoms with Crippen LogP contribution in [0.3, 0.4) is 0 Å². The Labute approximate surface area is 81.0 Å². The van der Waals surface area contributed by atoms with Gasteiger partial charge in [0.15, 0.2) is 0 Å². The van der Waals surface area contributed by atoms with Gasteiger partial charge in [-0.15, -0.1) is 0 Å². The highest BCUT2D eigenvalue weighted by Gasteiger charge is 2.18. The number of rotatable bonds is 3. The maximum atomic E-state index is 9.47. The molecule has 0 saturated carbocycles. The van der Waals surface area contributed by atoms with Gasteiger partial charge in [-0.2, -0.15) is 12.6 Å². The number of hydrogen-bond donors (Lipinski definition) is 4. The Balaban J connectivity index is 2.82. The normalized spacial score (nSPS) is 15.3. The lowest BCUT2D eigenvalue weighted by atomic mass is 10.1. The van der Waals surface area contributed by atoms with Crippen LogP contribution in [0.4, 0.5) is 5.95 Å². The van der Waals surface area contributed by atoms with E-state index in [1.165, 1.54) is 12.3 Å². The van der Waals surface area contributed by atoms with Crippen LogP contribution in [0, 0.1) is 0 Å². The van der Waals surface area contributed by atoms with Crippen LogP contribution in [0.15, 0.2) is 12.3 Å². The second-order valence-corrected chi connectivity index (χ2v) is 2.90. The fraction of sp³-hybridized carbons (Fsp3) is 0.429. The zero-order chi connectivity index (χ0) is 9.84. The van der Waals surface area contributed by atoms with E-state index in [4.69, 9.17) is 5.73 Å². The summed E-state index contributed by atoms with van der Waals surface area (Å²) >= 11 is 3.85. The summed E-state index contributed by atoms with van der Waals surface area (Å²) in [7, 11) is 0. The van der Waals surface area contributed by atoms with Crippen LogP contribution in [0.2, 0.25) is 0 Å². The van der Waals surface area contributed by atoms with E-state index < -0.39 is 12.2 Å². The minimum Gasteiger partial charge on any atom is -0.389 e. The molecular formula is C7H11N3O2S. The van der Waals surface area contributed by atoms with Gasteiger partial charge < -0.3 is 15.9 Å². The number of aromatic nitrogens is 2. The first-order chi connectivity index (χ1) is 6.15. The Hall–Kier alpha value is -0.850. The number of nitrogens with two attached hydrogens (primary N) is 1. The fourth-order valence-corrected chi connectivity index (χ4v) is 1.05. The van der Waals surface area contributed by atoms with Gasteiger partial charge in [0.1, 0.15) is 6.10 Å². The molecule has 5 nitrogen and oxygen atoms in total. The van der Waals surface area contributed by atoms with Crippen LogP contribution >= 0.6 is 12.6 Å². The summed E-state index contributed by atoms with van der Waals surface area (Å²) in [5.41, 5.74) is 5.60. The van der Waals surface area contributed by atoms with E-state index in [9.17, 15) is 10.2 Å². The van der Waals surface area contributed by atoms with E-state index in [2.05, 4.69) is 22.6 Å². The second kappa shape index (κ2) is 4.40. The SMILES string of the molecule is Nc1nccc(C(O)C(O)CS)n1. The standard InChI is InChI=1S/C7H11N3O2S/c8-7-9-2-1-4(10-7)6(12)5(11)3-13/h1-2,5-6,11-13H,3H2,(H2,8,9,10). The molecule has 4 N–H and O–H groups in total. The predicted octanol–water partition coefficient (Wildman–Crippen LogP) is -0.617. The van der Waals surface area contributed by atoms with Gasteiger partial charge in [0.05, 0.1) is 11.8 Å². The lowest BCUT2D eigenvalue weighted by Crippen LogP contribution is -2.21. The number of hydrogen-bond acceptors (Lipinski definition) is 6. The van der Waals surface area contributed by atoms with E-state index in [1.807, 2.05) is 0 Å². The molecule has 2 unspecified atom stereocenters. The molecule has 0 fully saturated rings. The molecule has 0 spiro atoms. The van der Waals surface area contributed by atoms with Gasteiger partial charge in [-0.25, -0.2) is 9.97 Å². The van der Waals surface area contributed by atoms with Gasteiger partial charge in [0.2, 0.25) is 5.95 Å². The Morgan fingerprint density at radius 1 is 1.54 bits per heavy atom. The zero-order valence-corrected chi connectivity index (χ0v) is 7.72. The lowest BCUT2D eigenvalue weighted by molar-refractivity contribution is 0.0310. The van der Waals surface area contributed by atoms with Crippen molar-refractivity contribution in [1.29, 1.82) is 0 Å². The molecule has 0 aliphatic rings. The molecule has 1 rings (SSSR count). The van der Waals surface area contributed by atoms with Crippen LogP contribution in [0.25, 0.3) is 0 Å². The third kappa shape index (κ3) is 2.55. The third-order valence-electron chi connectivity index (χ3n) is 1.55. The van der Waals surface area contributed by atoms with Crippen LogP contribution < -0.4 is 5.73 Å². The van der Waals surface area contributed by atoms with Crippen LogP contribution in [-0.2, 0) is 0 Å². The molecule has 13 heavy (non-hydrogen) atoms. The first-order valence-electron chi connectivity index (χ1n) is 3.70. The van der Waals surface area contributed by atoms with Gasteiger partial charge in [-0.05, 0) is 6.07 Å². The molecule has 0 radical (unpaired) electrons. The summed E-state index contributed by atoms with van der Waals surface area (Å²) in [5, 5.41) is 18.7. The highest BCUT2D eigenvalue weighted by atomic mass is 32.1. The summed E-state index contributed by atoms with van der Waals surface area (Å²) in [6, 6.07) is 1.49. The first-order valence-corrected chi connectivity index (χ1v) is 4.34. The van der Waals surface area contributed by atoms with E-state index in [1.54, 1.807) is 0 Å². The number of aliphatic hydroxyl groups excluding tert-OH is 2. The van der Waals surface area contributed by atoms with Crippen molar-refractivity contribution in [2.45, 2.75) is 12.2 Å². The minimum absolute atomic E-state index is 0.0721. The molecule has 2 atom stereocenters. The second-order valence-electron chi connectivity index (χ2n) is 2.53. The van der Waals surface area contributed by atoms with Gasteiger partial charge >= 0.3 is 0 Å². The monoisotopic (exact) mass is 201 g/mol. The molecule has 0 aliphatic carbocycles. The Morgan fingerprint density at radius 2 is 2.23 bits per heavy atom. The largest absolute Gasteiger partial charge is 0.389 e. The number of nitrogen functional groups attached to an aromatic ring is 1. The van der Waals surface area contributed by atoms with Gasteiger partial charge in [-0.3, -0.25) is 0 Å². The predicted molar refractivity (Wildman–Crippen MR) is 51.3 cm³/mol. The summed E-state index contributed by atoms with van der Waals surface area (Å²) in [6.07, 6.45) is -0.591. The van der Waals surface area contributed by atoms with Crippen LogP contribution in [0.5, 0.6) is 0 Å². The van der Waals surface area contributed by atoms with Crippen molar-refractivity contribution in [2.24, 2.45) is 0 Å². The number of nitrogens with zero attached hydrogens (tertiary/aromatic N) is 2. The van der Waals surface area contributed by atoms with Crippen molar-refractivity contribution in [3.8, 4) is 0 Å². The summed E-state index contributed by atoms with van der Waals surface area (Å²) < 4.78 is 0. The molecule has 0 aromatic carbocycles. The molecule has 0 saturated heterocycles. The van der Waals surface area contributed by atoms with E-state index >= 15 is 0 Å². The van der Waals surface area contributed by atoms with Gasteiger partial charge in [0, 0.05) is 11.9 Å². The van der Waals surface area contributed by atoms with Crippen molar-refractivity contribution < 1.29 is 10.2 Å². The lowest BCUT2D eigenvalue weighted by Gasteiger charge is -2.14. The molecule has 6 heteroatoms. The smallest absolute Gasteiger partial charge is 0.220 e. The van der Waals surface area contributed by atoms with E-state index in [0.717, 1.165) is 0 Å². The van der Waals surface area contributed by atoms with Crippen LogP contribution in [-0.4, -0.2) is 32.0 Å². The van der Waals surface area contributed by atoms with Gasteiger partial charge in [0.25, 0.3) is 0 Å². The van der Waals surface area contributed by atoms with Crippen molar-refractivity contribution in [2.75, 3.05) is 11.5 Å². The molecular weight excluding hydrogens is 190 g/mol. The van der Waals surface area contributed by atoms with Crippen molar-refractivity contribution in [3.63, 3.8) is 0 Å². The maximum Gasteiger partial charge on any atom is 0.220 e. The summed E-state index contributed by atoms with van der Waals surface area (Å²) in [5.74, 6) is 0.230. The van der Waals surface area contributed by atoms with Crippen LogP contribution in [0.1, 0.15) is 11.8 Å². The molecule has 72 valence electrons. The molecule has 0 bridgehead atoms. The first kappa shape index (κ1) is 10.2. The molecule has 1 aromatic heterocycles. The number of anilines is 1. The quantitative estimate of drug-likeness (QED) is 0.489. The van der Waals surface area contributed by atoms with Crippen molar-refractivity contribution in [1.82, 2.24) is 9.97 Å². The number of thiol groups is 1. The number of aliphatic hydroxyl groups is 2. The van der Waals surface area contributed by atoms with Crippen molar-refractivity contribution >= 4 is 18.6 Å². The fourth-order valence-electron chi connectivity index (χ4n) is 0.850. The Morgan fingerprint density at radius 3 is 2.77 bits per heavy atom. The highest BCUT2D eigenvalue weighted by Crippen LogP contribution is 2.15. The average molecular weight is 201 g/mol. The van der Waals surface area contributed by atoms with Gasteiger partial charge in [-0.1, -0.05) is 0 Å². The minimum atomic E-state index is -1.07. The molecule has 1 aromatic rings. The third-order valence-corrected chi connectivity index (χ3v) is 1.92. The molecule has 1 heterocycles. The van der Waals surface area contributed by atoms with Crippen molar-refractivity contribution in [3.05, 3.63) is 18.0 Å². The highest BCUT2D eigenvalue weighted by molar-refractivity contribution is 7.80. The molecule has 0 amide bonds. The van der Waals surface area contributed by atoms with E-state index in [0.29, 0.717) is 5.69 Å². The summed E-state index contributed by atoms with van der Waals surface area (Å²) in [6.45, 7) is 0.